The highest BCUT2D eigenvalue weighted by atomic mass is 35.5. The number of amides is 1. The number of halogens is 4. The summed E-state index contributed by atoms with van der Waals surface area (Å²) < 4.78 is 33.9. The minimum Gasteiger partial charge on any atom is -0.481 e. The minimum absolute atomic E-state index is 0.0437. The Morgan fingerprint density at radius 2 is 2.10 bits per heavy atom. The average Bonchev–Trinajstić information content (AvgIpc) is 3.20. The van der Waals surface area contributed by atoms with Gasteiger partial charge in [0.05, 0.1) is 23.2 Å². The van der Waals surface area contributed by atoms with Gasteiger partial charge >= 0.3 is 11.9 Å². The number of hydrogen-bond donors (Lipinski definition) is 2. The van der Waals surface area contributed by atoms with E-state index in [1.807, 2.05) is 0 Å². The van der Waals surface area contributed by atoms with Crippen LogP contribution in [0.4, 0.5) is 14.5 Å². The number of nitrogens with zero attached hydrogens (tertiary/aromatic N) is 1. The molecule has 0 aliphatic carbocycles. The van der Waals surface area contributed by atoms with E-state index >= 15 is 0 Å². The van der Waals surface area contributed by atoms with Gasteiger partial charge in [-0.05, 0) is 12.1 Å². The molecule has 0 aromatic heterocycles. The highest BCUT2D eigenvalue weighted by Gasteiger charge is 2.74. The number of carboxylic acid groups (broad SMARTS) is 1. The first-order valence-electron chi connectivity index (χ1n) is 9.00. The summed E-state index contributed by atoms with van der Waals surface area (Å²) >= 11 is 12.3. The zero-order valence-electron chi connectivity index (χ0n) is 15.3. The Labute approximate surface area is 179 Å². The number of ether oxygens (including phenoxy) is 1. The summed E-state index contributed by atoms with van der Waals surface area (Å²) in [7, 11) is 0. The van der Waals surface area contributed by atoms with Crippen molar-refractivity contribution in [3.63, 3.8) is 0 Å². The van der Waals surface area contributed by atoms with Crippen molar-refractivity contribution in [2.75, 3.05) is 18.5 Å². The average molecular weight is 461 g/mol. The van der Waals surface area contributed by atoms with E-state index in [0.717, 1.165) is 4.90 Å². The maximum Gasteiger partial charge on any atom is 0.313 e. The van der Waals surface area contributed by atoms with Crippen LogP contribution in [0, 0.1) is 11.8 Å². The molecule has 1 aromatic carbocycles. The predicted molar refractivity (Wildman–Crippen MR) is 103 cm³/mol. The van der Waals surface area contributed by atoms with Crippen molar-refractivity contribution in [3.05, 3.63) is 40.4 Å². The second kappa shape index (κ2) is 6.90. The van der Waals surface area contributed by atoms with Gasteiger partial charge in [0.15, 0.2) is 0 Å². The van der Waals surface area contributed by atoms with Gasteiger partial charge in [0, 0.05) is 23.0 Å². The van der Waals surface area contributed by atoms with E-state index in [9.17, 15) is 28.3 Å². The molecule has 2 saturated heterocycles. The first-order chi connectivity index (χ1) is 14.0. The molecule has 0 radical (unpaired) electrons. The molecule has 0 saturated carbocycles. The van der Waals surface area contributed by atoms with Crippen LogP contribution in [-0.4, -0.2) is 53.0 Å². The van der Waals surface area contributed by atoms with Gasteiger partial charge in [0.1, 0.15) is 18.1 Å². The van der Waals surface area contributed by atoms with Gasteiger partial charge in [0.25, 0.3) is 11.8 Å². The van der Waals surface area contributed by atoms with Gasteiger partial charge in [-0.3, -0.25) is 19.3 Å². The first-order valence-corrected chi connectivity index (χ1v) is 9.76. The zero-order valence-corrected chi connectivity index (χ0v) is 16.8. The first kappa shape index (κ1) is 21.0. The number of nitrogens with one attached hydrogen (secondary N) is 1. The van der Waals surface area contributed by atoms with Crippen LogP contribution in [0.1, 0.15) is 12.0 Å². The lowest BCUT2D eigenvalue weighted by molar-refractivity contribution is -0.161. The standard InChI is InChI=1S/C19H16Cl2F2N2O5/c1-2-3-30-16(28)13-12(15(26)27)11-6-18(22,23)7-25(11)19(13)9-4-8(20)5-10(21)14(9)24-17(19)29/h2,4-5,11-13H,1,3,6-7H2,(H,24,29)(H,26,27)/t11-,12+,13+,19?/m0/s1. The molecule has 1 unspecified atom stereocenters. The Hall–Kier alpha value is -2.23. The van der Waals surface area contributed by atoms with Crippen molar-refractivity contribution in [2.45, 2.75) is 23.9 Å². The summed E-state index contributed by atoms with van der Waals surface area (Å²) in [6, 6.07) is 1.42. The van der Waals surface area contributed by atoms with Gasteiger partial charge < -0.3 is 15.2 Å². The van der Waals surface area contributed by atoms with Gasteiger partial charge in [-0.25, -0.2) is 8.78 Å². The Bertz CT molecular complexity index is 988. The number of carbonyl (C=O) groups excluding carboxylic acids is 2. The van der Waals surface area contributed by atoms with Gasteiger partial charge in [-0.2, -0.15) is 0 Å². The van der Waals surface area contributed by atoms with E-state index in [1.54, 1.807) is 0 Å². The number of aliphatic carboxylic acids is 1. The number of carboxylic acids is 1. The SMILES string of the molecule is C=CCOC(=O)[C@H]1[C@H](C(=O)O)[C@@H]2CC(F)(F)CN2C12C(=O)Nc1c(Cl)cc(Cl)cc12. The second-order valence-electron chi connectivity index (χ2n) is 7.55. The fourth-order valence-electron chi connectivity index (χ4n) is 5.00. The van der Waals surface area contributed by atoms with Crippen molar-refractivity contribution in [3.8, 4) is 0 Å². The molecular formula is C19H16Cl2F2N2O5. The summed E-state index contributed by atoms with van der Waals surface area (Å²) in [4.78, 5) is 39.6. The Morgan fingerprint density at radius 3 is 2.73 bits per heavy atom. The third kappa shape index (κ3) is 2.75. The van der Waals surface area contributed by atoms with Crippen molar-refractivity contribution in [1.29, 1.82) is 0 Å². The Balaban J connectivity index is 1.99. The highest BCUT2D eigenvalue weighted by Crippen LogP contribution is 2.61. The van der Waals surface area contributed by atoms with Crippen LogP contribution in [0.2, 0.25) is 10.0 Å². The molecule has 0 bridgehead atoms. The van der Waals surface area contributed by atoms with Crippen LogP contribution in [-0.2, 0) is 24.7 Å². The molecule has 2 fully saturated rings. The summed E-state index contributed by atoms with van der Waals surface area (Å²) in [5.74, 6) is -9.74. The molecule has 2 N–H and O–H groups in total. The van der Waals surface area contributed by atoms with Crippen LogP contribution in [0.25, 0.3) is 0 Å². The van der Waals surface area contributed by atoms with Crippen molar-refractivity contribution >= 4 is 46.7 Å². The van der Waals surface area contributed by atoms with Gasteiger partial charge in [-0.15, -0.1) is 0 Å². The number of hydrogen-bond acceptors (Lipinski definition) is 5. The Morgan fingerprint density at radius 1 is 1.40 bits per heavy atom. The smallest absolute Gasteiger partial charge is 0.313 e. The van der Waals surface area contributed by atoms with Crippen LogP contribution in [0.3, 0.4) is 0 Å². The van der Waals surface area contributed by atoms with Gasteiger partial charge in [0.2, 0.25) is 0 Å². The number of carbonyl (C=O) groups is 3. The minimum atomic E-state index is -3.24. The number of alkyl halides is 2. The molecule has 1 aromatic rings. The number of esters is 1. The fourth-order valence-corrected chi connectivity index (χ4v) is 5.54. The number of fused-ring (bicyclic) bond motifs is 4. The summed E-state index contributed by atoms with van der Waals surface area (Å²) in [5.41, 5.74) is -1.86. The van der Waals surface area contributed by atoms with Crippen molar-refractivity contribution in [2.24, 2.45) is 11.8 Å². The molecular weight excluding hydrogens is 445 g/mol. The van der Waals surface area contributed by atoms with Crippen LogP contribution >= 0.6 is 23.2 Å². The fraction of sp³-hybridized carbons (Fsp3) is 0.421. The summed E-state index contributed by atoms with van der Waals surface area (Å²) in [5, 5.41) is 12.6. The molecule has 7 nitrogen and oxygen atoms in total. The monoisotopic (exact) mass is 460 g/mol. The molecule has 1 spiro atoms. The van der Waals surface area contributed by atoms with Crippen LogP contribution < -0.4 is 5.32 Å². The molecule has 30 heavy (non-hydrogen) atoms. The van der Waals surface area contributed by atoms with Crippen molar-refractivity contribution in [1.82, 2.24) is 4.90 Å². The predicted octanol–water partition coefficient (Wildman–Crippen LogP) is 2.91. The van der Waals surface area contributed by atoms with E-state index in [1.165, 1.54) is 18.2 Å². The van der Waals surface area contributed by atoms with E-state index in [4.69, 9.17) is 27.9 Å². The lowest BCUT2D eigenvalue weighted by Gasteiger charge is -2.36. The zero-order chi connectivity index (χ0) is 22.0. The number of rotatable bonds is 4. The second-order valence-corrected chi connectivity index (χ2v) is 8.39. The van der Waals surface area contributed by atoms with Crippen LogP contribution in [0.15, 0.2) is 24.8 Å². The lowest BCUT2D eigenvalue weighted by Crippen LogP contribution is -2.54. The highest BCUT2D eigenvalue weighted by molar-refractivity contribution is 6.38. The third-order valence-corrected chi connectivity index (χ3v) is 6.44. The summed E-state index contributed by atoms with van der Waals surface area (Å²) in [6.45, 7) is 2.30. The topological polar surface area (TPSA) is 95.9 Å². The Kier molecular flexibility index (Phi) is 4.83. The van der Waals surface area contributed by atoms with Crippen LogP contribution in [0.5, 0.6) is 0 Å². The maximum atomic E-state index is 14.4. The van der Waals surface area contributed by atoms with E-state index in [0.29, 0.717) is 0 Å². The van der Waals surface area contributed by atoms with E-state index < -0.39 is 60.2 Å². The van der Waals surface area contributed by atoms with E-state index in [-0.39, 0.29) is 27.9 Å². The third-order valence-electron chi connectivity index (χ3n) is 5.92. The normalized spacial score (nSPS) is 31.3. The summed E-state index contributed by atoms with van der Waals surface area (Å²) in [6.07, 6.45) is 0.467. The number of benzene rings is 1. The molecule has 1 amide bonds. The molecule has 3 heterocycles. The molecule has 4 rings (SSSR count). The molecule has 160 valence electrons. The molecule has 3 aliphatic rings. The lowest BCUT2D eigenvalue weighted by atomic mass is 9.74. The molecule has 11 heteroatoms. The largest absolute Gasteiger partial charge is 0.481 e. The molecule has 3 aliphatic heterocycles. The quantitative estimate of drug-likeness (QED) is 0.529. The van der Waals surface area contributed by atoms with Gasteiger partial charge in [-0.1, -0.05) is 35.9 Å². The number of anilines is 1. The molecule has 4 atom stereocenters. The van der Waals surface area contributed by atoms with E-state index in [2.05, 4.69) is 11.9 Å². The van der Waals surface area contributed by atoms with Crippen molar-refractivity contribution < 1.29 is 33.0 Å². The maximum absolute atomic E-state index is 14.4.